The van der Waals surface area contributed by atoms with Gasteiger partial charge in [-0.25, -0.2) is 9.97 Å². The van der Waals surface area contributed by atoms with E-state index >= 15 is 0 Å². The predicted molar refractivity (Wildman–Crippen MR) is 126 cm³/mol. The Morgan fingerprint density at radius 3 is 2.41 bits per heavy atom. The molecule has 0 atom stereocenters. The van der Waals surface area contributed by atoms with Gasteiger partial charge in [-0.05, 0) is 70.0 Å². The maximum Gasteiger partial charge on any atom is 0.251 e. The number of carbonyl (C=O) groups is 1. The number of amides is 1. The Bertz CT molecular complexity index is 1400. The van der Waals surface area contributed by atoms with Crippen LogP contribution in [0.25, 0.3) is 22.3 Å². The molecule has 0 spiro atoms. The minimum absolute atomic E-state index is 0.0871. The second-order valence-corrected chi connectivity index (χ2v) is 8.51. The number of nitrogens with zero attached hydrogens (tertiary/aromatic N) is 3. The van der Waals surface area contributed by atoms with E-state index in [0.717, 1.165) is 44.5 Å². The number of pyridine rings is 1. The Balaban J connectivity index is 2.04. The van der Waals surface area contributed by atoms with Crippen molar-refractivity contribution in [3.63, 3.8) is 0 Å². The molecule has 0 aliphatic carbocycles. The van der Waals surface area contributed by atoms with Crippen molar-refractivity contribution in [1.82, 2.24) is 19.5 Å². The van der Waals surface area contributed by atoms with Gasteiger partial charge in [0.05, 0.1) is 5.52 Å². The topological polar surface area (TPSA) is 107 Å². The monoisotopic (exact) mass is 429 g/mol. The smallest absolute Gasteiger partial charge is 0.251 e. The number of rotatable bonds is 5. The number of H-pyrrole nitrogens is 1. The van der Waals surface area contributed by atoms with Crippen LogP contribution in [0.3, 0.4) is 0 Å². The molecule has 0 saturated carbocycles. The van der Waals surface area contributed by atoms with Crippen molar-refractivity contribution in [2.45, 2.75) is 47.1 Å². The molecule has 3 N–H and O–H groups in total. The first-order chi connectivity index (χ1) is 15.2. The molecule has 0 aliphatic rings. The van der Waals surface area contributed by atoms with Crippen molar-refractivity contribution in [3.8, 4) is 11.4 Å². The van der Waals surface area contributed by atoms with Gasteiger partial charge in [-0.15, -0.1) is 0 Å². The van der Waals surface area contributed by atoms with E-state index in [1.165, 1.54) is 0 Å². The zero-order valence-electron chi connectivity index (χ0n) is 19.0. The van der Waals surface area contributed by atoms with Crippen LogP contribution in [0.4, 0.5) is 0 Å². The van der Waals surface area contributed by atoms with Crippen LogP contribution < -0.4 is 11.3 Å². The van der Waals surface area contributed by atoms with Crippen LogP contribution in [-0.4, -0.2) is 25.4 Å². The number of nitrogens with two attached hydrogens (primary N) is 1. The number of aryl methyl sites for hydroxylation is 3. The highest BCUT2D eigenvalue weighted by atomic mass is 16.1. The van der Waals surface area contributed by atoms with E-state index in [1.807, 2.05) is 32.9 Å². The number of benzene rings is 1. The third-order valence-corrected chi connectivity index (χ3v) is 5.92. The van der Waals surface area contributed by atoms with Crippen molar-refractivity contribution in [2.24, 2.45) is 5.73 Å². The number of nitrogens with one attached hydrogen (secondary N) is 1. The molecule has 3 heterocycles. The summed E-state index contributed by atoms with van der Waals surface area (Å²) in [4.78, 5) is 36.8. The first-order valence-electron chi connectivity index (χ1n) is 10.6. The molecule has 1 aromatic carbocycles. The molecule has 0 radical (unpaired) electrons. The third kappa shape index (κ3) is 3.60. The number of carbonyl (C=O) groups excluding carboxylic acids is 1. The minimum Gasteiger partial charge on any atom is -0.366 e. The van der Waals surface area contributed by atoms with Crippen molar-refractivity contribution in [2.75, 3.05) is 0 Å². The Hall–Kier alpha value is -3.74. The molecule has 164 valence electrons. The van der Waals surface area contributed by atoms with Crippen LogP contribution in [-0.2, 0) is 6.42 Å². The van der Waals surface area contributed by atoms with Gasteiger partial charge in [-0.2, -0.15) is 0 Å². The number of aromatic amines is 1. The van der Waals surface area contributed by atoms with Crippen molar-refractivity contribution >= 4 is 16.8 Å². The molecular formula is C25H27N5O2. The van der Waals surface area contributed by atoms with Crippen LogP contribution in [0, 0.1) is 20.8 Å². The molecule has 0 bridgehead atoms. The lowest BCUT2D eigenvalue weighted by Crippen LogP contribution is -2.18. The Morgan fingerprint density at radius 2 is 1.81 bits per heavy atom. The Morgan fingerprint density at radius 1 is 1.12 bits per heavy atom. The van der Waals surface area contributed by atoms with Gasteiger partial charge in [-0.1, -0.05) is 0 Å². The average Bonchev–Trinajstić information content (AvgIpc) is 3.02. The molecule has 0 aliphatic heterocycles. The first kappa shape index (κ1) is 21.5. The summed E-state index contributed by atoms with van der Waals surface area (Å²) in [6, 6.07) is 7.58. The van der Waals surface area contributed by atoms with E-state index in [1.54, 1.807) is 24.5 Å². The fourth-order valence-corrected chi connectivity index (χ4v) is 4.53. The van der Waals surface area contributed by atoms with Crippen molar-refractivity contribution < 1.29 is 4.79 Å². The van der Waals surface area contributed by atoms with Gasteiger partial charge < -0.3 is 15.3 Å². The first-order valence-corrected chi connectivity index (χ1v) is 10.6. The summed E-state index contributed by atoms with van der Waals surface area (Å²) in [6.07, 6.45) is 3.79. The van der Waals surface area contributed by atoms with Gasteiger partial charge >= 0.3 is 0 Å². The summed E-state index contributed by atoms with van der Waals surface area (Å²) in [5.74, 6) is 0.0196. The van der Waals surface area contributed by atoms with Crippen LogP contribution in [0.15, 0.2) is 41.5 Å². The normalized spacial score (nSPS) is 11.4. The average molecular weight is 430 g/mol. The van der Waals surface area contributed by atoms with E-state index in [9.17, 15) is 9.59 Å². The van der Waals surface area contributed by atoms with E-state index in [2.05, 4.69) is 33.4 Å². The molecule has 4 aromatic rings. The zero-order valence-corrected chi connectivity index (χ0v) is 19.0. The lowest BCUT2D eigenvalue weighted by molar-refractivity contribution is 0.100. The molecule has 0 saturated heterocycles. The summed E-state index contributed by atoms with van der Waals surface area (Å²) < 4.78 is 2.18. The van der Waals surface area contributed by atoms with E-state index in [0.29, 0.717) is 17.8 Å². The van der Waals surface area contributed by atoms with E-state index in [4.69, 9.17) is 5.73 Å². The largest absolute Gasteiger partial charge is 0.366 e. The van der Waals surface area contributed by atoms with Gasteiger partial charge in [0.25, 0.3) is 5.56 Å². The van der Waals surface area contributed by atoms with Crippen LogP contribution >= 0.6 is 0 Å². The molecule has 1 amide bonds. The number of hydrogen-bond donors (Lipinski definition) is 2. The van der Waals surface area contributed by atoms with E-state index in [-0.39, 0.29) is 11.6 Å². The molecule has 4 rings (SSSR count). The Kier molecular flexibility index (Phi) is 5.42. The summed E-state index contributed by atoms with van der Waals surface area (Å²) in [5.41, 5.74) is 12.2. The van der Waals surface area contributed by atoms with Gasteiger partial charge in [0.15, 0.2) is 5.82 Å². The quantitative estimate of drug-likeness (QED) is 0.500. The highest BCUT2D eigenvalue weighted by Gasteiger charge is 2.23. The van der Waals surface area contributed by atoms with E-state index < -0.39 is 5.91 Å². The fourth-order valence-electron chi connectivity index (χ4n) is 4.53. The summed E-state index contributed by atoms with van der Waals surface area (Å²) in [7, 11) is 0. The van der Waals surface area contributed by atoms with Crippen LogP contribution in [0.1, 0.15) is 58.3 Å². The number of fused-ring (bicyclic) bond motifs is 1. The van der Waals surface area contributed by atoms with Crippen LogP contribution in [0.2, 0.25) is 0 Å². The minimum atomic E-state index is -0.507. The van der Waals surface area contributed by atoms with Crippen molar-refractivity contribution in [1.29, 1.82) is 0 Å². The Labute approximate surface area is 186 Å². The second kappa shape index (κ2) is 8.07. The molecule has 0 unspecified atom stereocenters. The summed E-state index contributed by atoms with van der Waals surface area (Å²) in [6.45, 7) is 9.99. The predicted octanol–water partition coefficient (Wildman–Crippen LogP) is 3.98. The van der Waals surface area contributed by atoms with Crippen molar-refractivity contribution in [3.05, 3.63) is 80.7 Å². The summed E-state index contributed by atoms with van der Waals surface area (Å²) >= 11 is 0. The highest BCUT2D eigenvalue weighted by molar-refractivity contribution is 6.09. The number of primary amides is 1. The molecule has 3 aromatic heterocycles. The second-order valence-electron chi connectivity index (χ2n) is 8.51. The van der Waals surface area contributed by atoms with Gasteiger partial charge in [0, 0.05) is 58.3 Å². The molecule has 0 fully saturated rings. The molecule has 7 heteroatoms. The number of hydrogen-bond acceptors (Lipinski definition) is 4. The maximum absolute atomic E-state index is 12.7. The summed E-state index contributed by atoms with van der Waals surface area (Å²) in [5, 5.41) is 0.807. The third-order valence-electron chi connectivity index (χ3n) is 5.92. The molecule has 32 heavy (non-hydrogen) atoms. The highest BCUT2D eigenvalue weighted by Crippen LogP contribution is 2.35. The number of aromatic nitrogens is 4. The van der Waals surface area contributed by atoms with Gasteiger partial charge in [0.1, 0.15) is 0 Å². The lowest BCUT2D eigenvalue weighted by atomic mass is 9.99. The van der Waals surface area contributed by atoms with Crippen LogP contribution in [0.5, 0.6) is 0 Å². The van der Waals surface area contributed by atoms with Gasteiger partial charge in [-0.3, -0.25) is 9.59 Å². The zero-order chi connectivity index (χ0) is 23.2. The SMILES string of the molecule is Cc1cc(C)c(Cc2c(C)c3c(C(N)=O)cc(-c4ncccn4)cc3n2C(C)C)c(=O)[nH]1. The van der Waals surface area contributed by atoms with Gasteiger partial charge in [0.2, 0.25) is 5.91 Å². The standard InChI is InChI=1S/C25H27N5O2/c1-13(2)30-20(12-18-14(3)9-15(4)29-25(18)32)16(5)22-19(23(26)31)10-17(11-21(22)30)24-27-7-6-8-28-24/h6-11,13H,12H2,1-5H3,(H2,26,31)(H,29,32). The lowest BCUT2D eigenvalue weighted by Gasteiger charge is -2.17. The molecular weight excluding hydrogens is 402 g/mol. The fraction of sp³-hybridized carbons (Fsp3) is 0.280. The maximum atomic E-state index is 12.7. The molecule has 7 nitrogen and oxygen atoms in total.